The van der Waals surface area contributed by atoms with E-state index in [1.165, 1.54) is 0 Å². The van der Waals surface area contributed by atoms with Crippen LogP contribution in [0.25, 0.3) is 0 Å². The summed E-state index contributed by atoms with van der Waals surface area (Å²) in [4.78, 5) is 0. The van der Waals surface area contributed by atoms with Crippen LogP contribution in [0.2, 0.25) is 0 Å². The molecule has 0 atom stereocenters. The Bertz CT molecular complexity index is 171. The molecule has 0 amide bonds. The molecule has 0 aliphatic heterocycles. The maximum Gasteiger partial charge on any atom is 0.390 e. The summed E-state index contributed by atoms with van der Waals surface area (Å²) in [7, 11) is 0. The third-order valence-corrected chi connectivity index (χ3v) is 2.58. The van der Waals surface area contributed by atoms with E-state index in [2.05, 4.69) is 0 Å². The van der Waals surface area contributed by atoms with Crippen LogP contribution in [0, 0.1) is 0 Å². The zero-order valence-corrected chi connectivity index (χ0v) is 7.40. The first-order chi connectivity index (χ1) is 5.81. The fourth-order valence-electron chi connectivity index (χ4n) is 1.79. The maximum atomic E-state index is 12.1. The van der Waals surface area contributed by atoms with Gasteiger partial charge in [-0.2, -0.15) is 13.2 Å². The van der Waals surface area contributed by atoms with Gasteiger partial charge in [0.05, 0.1) is 6.42 Å². The van der Waals surface area contributed by atoms with Crippen molar-refractivity contribution >= 4 is 0 Å². The van der Waals surface area contributed by atoms with Gasteiger partial charge in [-0.05, 0) is 25.7 Å². The highest BCUT2D eigenvalue weighted by Crippen LogP contribution is 2.35. The summed E-state index contributed by atoms with van der Waals surface area (Å²) < 4.78 is 36.2. The fraction of sp³-hybridized carbons (Fsp3) is 1.00. The van der Waals surface area contributed by atoms with Crippen LogP contribution in [0.15, 0.2) is 0 Å². The minimum absolute atomic E-state index is 0.0323. The first kappa shape index (κ1) is 10.8. The monoisotopic (exact) mass is 196 g/mol. The zero-order chi connectivity index (χ0) is 10.1. The molecule has 0 aromatic rings. The highest BCUT2D eigenvalue weighted by atomic mass is 19.4. The smallest absolute Gasteiger partial charge is 0.328 e. The minimum atomic E-state index is -4.16. The first-order valence-corrected chi connectivity index (χ1v) is 4.42. The van der Waals surface area contributed by atoms with Crippen LogP contribution in [0.1, 0.15) is 32.1 Å². The third kappa shape index (κ3) is 3.52. The summed E-state index contributed by atoms with van der Waals surface area (Å²) in [5.41, 5.74) is 10.2. The van der Waals surface area contributed by atoms with Gasteiger partial charge in [-0.15, -0.1) is 0 Å². The third-order valence-electron chi connectivity index (χ3n) is 2.58. The van der Waals surface area contributed by atoms with Crippen molar-refractivity contribution in [3.63, 3.8) is 0 Å². The minimum Gasteiger partial charge on any atom is -0.328 e. The molecule has 0 bridgehead atoms. The van der Waals surface area contributed by atoms with Crippen molar-refractivity contribution in [2.75, 3.05) is 0 Å². The van der Waals surface area contributed by atoms with Gasteiger partial charge in [-0.1, -0.05) is 0 Å². The molecule has 1 aliphatic carbocycles. The lowest BCUT2D eigenvalue weighted by atomic mass is 9.78. The van der Waals surface area contributed by atoms with Crippen LogP contribution >= 0.6 is 0 Å². The van der Waals surface area contributed by atoms with E-state index < -0.39 is 18.1 Å². The van der Waals surface area contributed by atoms with Crippen LogP contribution in [0.4, 0.5) is 13.2 Å². The van der Waals surface area contributed by atoms with E-state index >= 15 is 0 Å². The summed E-state index contributed by atoms with van der Waals surface area (Å²) in [6.07, 6.45) is -3.07. The number of hydrogen-bond donors (Lipinski definition) is 2. The van der Waals surface area contributed by atoms with Gasteiger partial charge >= 0.3 is 6.18 Å². The van der Waals surface area contributed by atoms with Gasteiger partial charge in [0.2, 0.25) is 0 Å². The number of hydrogen-bond acceptors (Lipinski definition) is 2. The van der Waals surface area contributed by atoms with Gasteiger partial charge in [0.1, 0.15) is 0 Å². The Morgan fingerprint density at radius 3 is 2.08 bits per heavy atom. The molecule has 0 spiro atoms. The lowest BCUT2D eigenvalue weighted by Crippen LogP contribution is -2.48. The summed E-state index contributed by atoms with van der Waals surface area (Å²) in [6.45, 7) is 0. The summed E-state index contributed by atoms with van der Waals surface area (Å²) >= 11 is 0. The molecule has 0 unspecified atom stereocenters. The topological polar surface area (TPSA) is 52.0 Å². The second-order valence-corrected chi connectivity index (χ2v) is 3.99. The average Bonchev–Trinajstić information content (AvgIpc) is 1.92. The second-order valence-electron chi connectivity index (χ2n) is 3.99. The van der Waals surface area contributed by atoms with Crippen LogP contribution < -0.4 is 11.5 Å². The predicted molar refractivity (Wildman–Crippen MR) is 44.0 cm³/mol. The molecule has 2 nitrogen and oxygen atoms in total. The molecule has 0 aromatic heterocycles. The molecule has 1 aliphatic rings. The van der Waals surface area contributed by atoms with Crippen LogP contribution in [-0.4, -0.2) is 17.8 Å². The Labute approximate surface area is 75.5 Å². The Morgan fingerprint density at radius 2 is 1.69 bits per heavy atom. The number of rotatable bonds is 1. The highest BCUT2D eigenvalue weighted by molar-refractivity contribution is 4.92. The van der Waals surface area contributed by atoms with Crippen LogP contribution in [-0.2, 0) is 0 Å². The lowest BCUT2D eigenvalue weighted by molar-refractivity contribution is -0.150. The SMILES string of the molecule is NC1CCC(N)(CC(F)(F)F)CC1. The average molecular weight is 196 g/mol. The second kappa shape index (κ2) is 3.46. The van der Waals surface area contributed by atoms with Crippen molar-refractivity contribution in [1.29, 1.82) is 0 Å². The van der Waals surface area contributed by atoms with E-state index in [0.29, 0.717) is 25.7 Å². The zero-order valence-electron chi connectivity index (χ0n) is 7.40. The normalized spacial score (nSPS) is 36.2. The van der Waals surface area contributed by atoms with E-state index in [-0.39, 0.29) is 6.04 Å². The Morgan fingerprint density at radius 1 is 1.23 bits per heavy atom. The number of nitrogens with two attached hydrogens (primary N) is 2. The van der Waals surface area contributed by atoms with Crippen molar-refractivity contribution in [2.45, 2.75) is 49.9 Å². The quantitative estimate of drug-likeness (QED) is 0.668. The lowest BCUT2D eigenvalue weighted by Gasteiger charge is -2.36. The Balaban J connectivity index is 2.48. The van der Waals surface area contributed by atoms with Gasteiger partial charge < -0.3 is 11.5 Å². The highest BCUT2D eigenvalue weighted by Gasteiger charge is 2.41. The molecule has 4 N–H and O–H groups in total. The molecule has 0 aromatic carbocycles. The Kier molecular flexibility index (Phi) is 2.87. The fourth-order valence-corrected chi connectivity index (χ4v) is 1.79. The van der Waals surface area contributed by atoms with E-state index in [0.717, 1.165) is 0 Å². The van der Waals surface area contributed by atoms with Gasteiger partial charge in [-0.25, -0.2) is 0 Å². The van der Waals surface area contributed by atoms with Gasteiger partial charge in [0.15, 0.2) is 0 Å². The predicted octanol–water partition coefficient (Wildman–Crippen LogP) is 1.54. The largest absolute Gasteiger partial charge is 0.390 e. The van der Waals surface area contributed by atoms with E-state index in [1.807, 2.05) is 0 Å². The standard InChI is InChI=1S/C8H15F3N2/c9-8(10,11)5-7(13)3-1-6(12)2-4-7/h6H,1-5,12-13H2. The molecule has 5 heteroatoms. The van der Waals surface area contributed by atoms with E-state index in [1.54, 1.807) is 0 Å². The first-order valence-electron chi connectivity index (χ1n) is 4.42. The van der Waals surface area contributed by atoms with Crippen LogP contribution in [0.3, 0.4) is 0 Å². The van der Waals surface area contributed by atoms with Crippen molar-refractivity contribution in [3.8, 4) is 0 Å². The molecule has 0 radical (unpaired) electrons. The Hall–Kier alpha value is -0.290. The van der Waals surface area contributed by atoms with Crippen molar-refractivity contribution in [3.05, 3.63) is 0 Å². The molecule has 0 heterocycles. The van der Waals surface area contributed by atoms with Gasteiger partial charge in [0, 0.05) is 11.6 Å². The summed E-state index contributed by atoms with van der Waals surface area (Å²) in [5, 5.41) is 0. The van der Waals surface area contributed by atoms with E-state index in [4.69, 9.17) is 11.5 Å². The molecule has 1 rings (SSSR count). The number of alkyl halides is 3. The molecular formula is C8H15F3N2. The maximum absolute atomic E-state index is 12.1. The van der Waals surface area contributed by atoms with Gasteiger partial charge in [0.25, 0.3) is 0 Å². The van der Waals surface area contributed by atoms with E-state index in [9.17, 15) is 13.2 Å². The van der Waals surface area contributed by atoms with Crippen molar-refractivity contribution < 1.29 is 13.2 Å². The van der Waals surface area contributed by atoms with Crippen molar-refractivity contribution in [2.24, 2.45) is 11.5 Å². The molecular weight excluding hydrogens is 181 g/mol. The molecule has 78 valence electrons. The molecule has 13 heavy (non-hydrogen) atoms. The van der Waals surface area contributed by atoms with Crippen molar-refractivity contribution in [1.82, 2.24) is 0 Å². The van der Waals surface area contributed by atoms with Gasteiger partial charge in [-0.3, -0.25) is 0 Å². The molecule has 1 fully saturated rings. The summed E-state index contributed by atoms with van der Waals surface area (Å²) in [5.74, 6) is 0. The molecule has 1 saturated carbocycles. The molecule has 0 saturated heterocycles. The number of halogens is 3. The summed E-state index contributed by atoms with van der Waals surface area (Å²) in [6, 6.07) is 0.0323. The van der Waals surface area contributed by atoms with Crippen LogP contribution in [0.5, 0.6) is 0 Å².